The molecule has 1 aromatic carbocycles. The van der Waals surface area contributed by atoms with Gasteiger partial charge in [-0.15, -0.1) is 10.2 Å². The summed E-state index contributed by atoms with van der Waals surface area (Å²) in [7, 11) is 0. The summed E-state index contributed by atoms with van der Waals surface area (Å²) in [6.07, 6.45) is 0. The van der Waals surface area contributed by atoms with Crippen LogP contribution < -0.4 is 5.32 Å². The zero-order valence-electron chi connectivity index (χ0n) is 14.3. The number of hydrogen-bond acceptors (Lipinski definition) is 6. The molecule has 0 unspecified atom stereocenters. The van der Waals surface area contributed by atoms with Crippen LogP contribution in [0.2, 0.25) is 0 Å². The van der Waals surface area contributed by atoms with Crippen molar-refractivity contribution >= 4 is 29.0 Å². The summed E-state index contributed by atoms with van der Waals surface area (Å²) in [4.78, 5) is 12.2. The van der Waals surface area contributed by atoms with Gasteiger partial charge in [-0.1, -0.05) is 23.1 Å². The number of rotatable bonds is 6. The minimum Gasteiger partial charge on any atom is -0.351 e. The number of thioether (sulfide) groups is 1. The third-order valence-electron chi connectivity index (χ3n) is 3.50. The Labute approximate surface area is 154 Å². The molecule has 0 saturated heterocycles. The molecule has 0 aliphatic carbocycles. The van der Waals surface area contributed by atoms with Crippen LogP contribution in [0.4, 0.5) is 0 Å². The van der Waals surface area contributed by atoms with Crippen molar-refractivity contribution in [3.05, 3.63) is 52.3 Å². The van der Waals surface area contributed by atoms with Crippen molar-refractivity contribution in [1.82, 2.24) is 25.3 Å². The molecule has 2 aromatic heterocycles. The van der Waals surface area contributed by atoms with Gasteiger partial charge in [-0.2, -0.15) is 5.10 Å². The molecule has 3 rings (SSSR count). The minimum atomic E-state index is -0.0750. The molecule has 130 valence electrons. The lowest BCUT2D eigenvalue weighted by Crippen LogP contribution is -2.25. The number of nitrogens with one attached hydrogen (secondary N) is 1. The van der Waals surface area contributed by atoms with Crippen LogP contribution in [0, 0.1) is 20.8 Å². The smallest absolute Gasteiger partial charge is 0.251 e. The van der Waals surface area contributed by atoms with Crippen LogP contribution in [0.15, 0.2) is 34.7 Å². The molecule has 0 radical (unpaired) electrons. The number of carbonyl (C=O) groups excluding carboxylic acids is 1. The van der Waals surface area contributed by atoms with E-state index in [1.807, 2.05) is 55.8 Å². The summed E-state index contributed by atoms with van der Waals surface area (Å²) in [6, 6.07) is 9.49. The van der Waals surface area contributed by atoms with E-state index in [2.05, 4.69) is 20.6 Å². The monoisotopic (exact) mass is 373 g/mol. The van der Waals surface area contributed by atoms with Gasteiger partial charge in [0.05, 0.1) is 11.4 Å². The van der Waals surface area contributed by atoms with E-state index in [0.29, 0.717) is 12.1 Å². The van der Waals surface area contributed by atoms with Gasteiger partial charge in [-0.3, -0.25) is 4.79 Å². The fourth-order valence-corrected chi connectivity index (χ4v) is 4.13. The zero-order chi connectivity index (χ0) is 17.8. The maximum absolute atomic E-state index is 12.2. The van der Waals surface area contributed by atoms with E-state index in [1.165, 1.54) is 0 Å². The highest BCUT2D eigenvalue weighted by atomic mass is 32.2. The molecule has 3 aromatic rings. The van der Waals surface area contributed by atoms with Gasteiger partial charge < -0.3 is 5.32 Å². The van der Waals surface area contributed by atoms with E-state index in [0.717, 1.165) is 32.2 Å². The first-order chi connectivity index (χ1) is 12.0. The lowest BCUT2D eigenvalue weighted by atomic mass is 10.2. The molecule has 0 aliphatic heterocycles. The van der Waals surface area contributed by atoms with Crippen molar-refractivity contribution in [3.63, 3.8) is 0 Å². The lowest BCUT2D eigenvalue weighted by molar-refractivity contribution is 0.0956. The van der Waals surface area contributed by atoms with Crippen LogP contribution in [0.3, 0.4) is 0 Å². The Morgan fingerprint density at radius 3 is 2.56 bits per heavy atom. The van der Waals surface area contributed by atoms with E-state index >= 15 is 0 Å². The SMILES string of the molecule is Cc1cc(C)n(-c2ccc(C(=O)NCCSc3nnc(C)s3)cc2)n1. The Bertz CT molecular complexity index is 870. The molecule has 2 heterocycles. The van der Waals surface area contributed by atoms with Crippen LogP contribution in [0.25, 0.3) is 5.69 Å². The van der Waals surface area contributed by atoms with Crippen molar-refractivity contribution in [2.45, 2.75) is 25.1 Å². The summed E-state index contributed by atoms with van der Waals surface area (Å²) in [5, 5.41) is 16.3. The predicted molar refractivity (Wildman–Crippen MR) is 101 cm³/mol. The first kappa shape index (κ1) is 17.6. The number of aromatic nitrogens is 4. The molecule has 1 amide bonds. The summed E-state index contributed by atoms with van der Waals surface area (Å²) in [6.45, 7) is 6.49. The van der Waals surface area contributed by atoms with Crippen molar-refractivity contribution in [2.75, 3.05) is 12.3 Å². The quantitative estimate of drug-likeness (QED) is 0.531. The van der Waals surface area contributed by atoms with Crippen LogP contribution in [-0.2, 0) is 0 Å². The highest BCUT2D eigenvalue weighted by Gasteiger charge is 2.08. The van der Waals surface area contributed by atoms with Crippen molar-refractivity contribution in [1.29, 1.82) is 0 Å². The van der Waals surface area contributed by atoms with Gasteiger partial charge >= 0.3 is 0 Å². The summed E-state index contributed by atoms with van der Waals surface area (Å²) in [5.41, 5.74) is 3.63. The third kappa shape index (κ3) is 4.46. The molecule has 6 nitrogen and oxygen atoms in total. The molecule has 0 spiro atoms. The van der Waals surface area contributed by atoms with Gasteiger partial charge in [0.1, 0.15) is 5.01 Å². The first-order valence-electron chi connectivity index (χ1n) is 7.88. The molecular weight excluding hydrogens is 354 g/mol. The van der Waals surface area contributed by atoms with Crippen LogP contribution in [-0.4, -0.2) is 38.2 Å². The average Bonchev–Trinajstić information content (AvgIpc) is 3.16. The zero-order valence-corrected chi connectivity index (χ0v) is 15.9. The Morgan fingerprint density at radius 2 is 1.96 bits per heavy atom. The van der Waals surface area contributed by atoms with Crippen LogP contribution in [0.5, 0.6) is 0 Å². The molecule has 1 N–H and O–H groups in total. The largest absolute Gasteiger partial charge is 0.351 e. The van der Waals surface area contributed by atoms with Gasteiger partial charge in [0.15, 0.2) is 4.34 Å². The Balaban J connectivity index is 1.53. The van der Waals surface area contributed by atoms with Gasteiger partial charge in [-0.25, -0.2) is 4.68 Å². The molecule has 0 fully saturated rings. The van der Waals surface area contributed by atoms with E-state index < -0.39 is 0 Å². The second kappa shape index (κ2) is 7.79. The Kier molecular flexibility index (Phi) is 5.50. The van der Waals surface area contributed by atoms with Gasteiger partial charge in [0.25, 0.3) is 5.91 Å². The minimum absolute atomic E-state index is 0.0750. The number of amides is 1. The fourth-order valence-electron chi connectivity index (χ4n) is 2.39. The summed E-state index contributed by atoms with van der Waals surface area (Å²) >= 11 is 3.17. The molecule has 25 heavy (non-hydrogen) atoms. The topological polar surface area (TPSA) is 72.7 Å². The molecule has 0 aliphatic rings. The average molecular weight is 374 g/mol. The van der Waals surface area contributed by atoms with Gasteiger partial charge in [0.2, 0.25) is 0 Å². The molecule has 0 atom stereocenters. The van der Waals surface area contributed by atoms with E-state index in [4.69, 9.17) is 0 Å². The number of hydrogen-bond donors (Lipinski definition) is 1. The standard InChI is InChI=1S/C17H19N5OS2/c1-11-10-12(2)22(21-11)15-6-4-14(5-7-15)16(23)18-8-9-24-17-20-19-13(3)25-17/h4-7,10H,8-9H2,1-3H3,(H,18,23). The Morgan fingerprint density at radius 1 is 1.20 bits per heavy atom. The second-order valence-electron chi connectivity index (χ2n) is 5.58. The molecular formula is C17H19N5OS2. The summed E-state index contributed by atoms with van der Waals surface area (Å²) < 4.78 is 2.80. The second-order valence-corrected chi connectivity index (χ2v) is 8.10. The number of benzene rings is 1. The van der Waals surface area contributed by atoms with E-state index in [-0.39, 0.29) is 5.91 Å². The van der Waals surface area contributed by atoms with Crippen molar-refractivity contribution in [3.8, 4) is 5.69 Å². The number of carbonyl (C=O) groups is 1. The molecule has 0 bridgehead atoms. The number of aryl methyl sites for hydroxylation is 3. The lowest BCUT2D eigenvalue weighted by Gasteiger charge is -2.07. The highest BCUT2D eigenvalue weighted by molar-refractivity contribution is 8.01. The van der Waals surface area contributed by atoms with Crippen LogP contribution >= 0.6 is 23.1 Å². The van der Waals surface area contributed by atoms with Crippen molar-refractivity contribution in [2.24, 2.45) is 0 Å². The third-order valence-corrected chi connectivity index (χ3v) is 5.48. The first-order valence-corrected chi connectivity index (χ1v) is 9.68. The van der Waals surface area contributed by atoms with Gasteiger partial charge in [0, 0.05) is 23.6 Å². The molecule has 0 saturated carbocycles. The molecule has 8 heteroatoms. The van der Waals surface area contributed by atoms with Gasteiger partial charge in [-0.05, 0) is 51.1 Å². The number of nitrogens with zero attached hydrogens (tertiary/aromatic N) is 4. The fraction of sp³-hybridized carbons (Fsp3) is 0.294. The maximum atomic E-state index is 12.2. The Hall–Kier alpha value is -2.19. The van der Waals surface area contributed by atoms with Crippen molar-refractivity contribution < 1.29 is 4.79 Å². The van der Waals surface area contributed by atoms with E-state index in [9.17, 15) is 4.79 Å². The van der Waals surface area contributed by atoms with Crippen LogP contribution in [0.1, 0.15) is 26.8 Å². The highest BCUT2D eigenvalue weighted by Crippen LogP contribution is 2.21. The van der Waals surface area contributed by atoms with E-state index in [1.54, 1.807) is 23.1 Å². The predicted octanol–water partition coefficient (Wildman–Crippen LogP) is 3.17. The maximum Gasteiger partial charge on any atom is 0.251 e. The normalized spacial score (nSPS) is 10.8. The summed E-state index contributed by atoms with van der Waals surface area (Å²) in [5.74, 6) is 0.693.